The molecule has 86 valence electrons. The van der Waals surface area contributed by atoms with Gasteiger partial charge in [0, 0.05) is 26.2 Å². The predicted molar refractivity (Wildman–Crippen MR) is 50.8 cm³/mol. The highest BCUT2D eigenvalue weighted by atomic mass is 19.3. The second kappa shape index (κ2) is 4.40. The molecule has 0 unspecified atom stereocenters. The zero-order valence-corrected chi connectivity index (χ0v) is 8.46. The minimum Gasteiger partial charge on any atom is -0.335 e. The van der Waals surface area contributed by atoms with E-state index in [1.165, 1.54) is 4.90 Å². The summed E-state index contributed by atoms with van der Waals surface area (Å²) in [5, 5.41) is 3.10. The minimum atomic E-state index is -2.35. The lowest BCUT2D eigenvalue weighted by atomic mass is 10.1. The van der Waals surface area contributed by atoms with Gasteiger partial charge in [-0.15, -0.1) is 0 Å². The van der Waals surface area contributed by atoms with Gasteiger partial charge in [-0.25, -0.2) is 8.78 Å². The van der Waals surface area contributed by atoms with Crippen LogP contribution >= 0.6 is 0 Å². The van der Waals surface area contributed by atoms with Gasteiger partial charge in [0.1, 0.15) is 0 Å². The Hall–Kier alpha value is -0.750. The van der Waals surface area contributed by atoms with Crippen molar-refractivity contribution in [1.29, 1.82) is 0 Å². The van der Waals surface area contributed by atoms with Crippen molar-refractivity contribution >= 4 is 5.91 Å². The maximum Gasteiger partial charge on any atom is 0.251 e. The molecule has 0 radical (unpaired) electrons. The predicted octanol–water partition coefficient (Wildman–Crippen LogP) is -0.632. The van der Waals surface area contributed by atoms with Gasteiger partial charge in [-0.1, -0.05) is 0 Å². The topological polar surface area (TPSA) is 35.6 Å². The lowest BCUT2D eigenvalue weighted by Crippen LogP contribution is -2.63. The summed E-state index contributed by atoms with van der Waals surface area (Å²) in [4.78, 5) is 15.0. The highest BCUT2D eigenvalue weighted by Gasteiger charge is 2.33. The Morgan fingerprint density at radius 1 is 1.40 bits per heavy atom. The molecule has 0 bridgehead atoms. The highest BCUT2D eigenvalue weighted by molar-refractivity contribution is 5.79. The van der Waals surface area contributed by atoms with Gasteiger partial charge in [-0.05, 0) is 0 Å². The van der Waals surface area contributed by atoms with Crippen LogP contribution in [-0.2, 0) is 4.79 Å². The third kappa shape index (κ3) is 2.43. The summed E-state index contributed by atoms with van der Waals surface area (Å²) in [5.74, 6) is -0.0200. The van der Waals surface area contributed by atoms with Gasteiger partial charge in [0.15, 0.2) is 0 Å². The van der Waals surface area contributed by atoms with Crippen molar-refractivity contribution in [2.24, 2.45) is 0 Å². The van der Waals surface area contributed by atoms with E-state index in [0.29, 0.717) is 13.1 Å². The van der Waals surface area contributed by atoms with E-state index < -0.39 is 6.43 Å². The average Bonchev–Trinajstić information content (AvgIpc) is 2.05. The summed E-state index contributed by atoms with van der Waals surface area (Å²) in [6.45, 7) is 2.66. The van der Waals surface area contributed by atoms with E-state index in [9.17, 15) is 13.6 Å². The van der Waals surface area contributed by atoms with Crippen LogP contribution in [0.4, 0.5) is 8.78 Å². The molecule has 0 aliphatic carbocycles. The maximum atomic E-state index is 12.1. The number of rotatable bonds is 3. The molecular formula is C9H15F2N3O. The van der Waals surface area contributed by atoms with Crippen molar-refractivity contribution in [3.8, 4) is 0 Å². The monoisotopic (exact) mass is 219 g/mol. The SMILES string of the molecule is O=C1CN(CC(F)F)CCN1C1CNC1. The fraction of sp³-hybridized carbons (Fsp3) is 0.889. The Balaban J connectivity index is 1.82. The number of carbonyl (C=O) groups is 1. The van der Waals surface area contributed by atoms with Crippen LogP contribution in [0.1, 0.15) is 0 Å². The minimum absolute atomic E-state index is 0.0200. The molecule has 0 aromatic heterocycles. The van der Waals surface area contributed by atoms with Crippen molar-refractivity contribution in [1.82, 2.24) is 15.1 Å². The van der Waals surface area contributed by atoms with E-state index in [0.717, 1.165) is 13.1 Å². The van der Waals surface area contributed by atoms with Crippen molar-refractivity contribution in [2.75, 3.05) is 39.3 Å². The fourth-order valence-electron chi connectivity index (χ4n) is 1.97. The first-order chi connectivity index (χ1) is 7.16. The van der Waals surface area contributed by atoms with Gasteiger partial charge in [0.25, 0.3) is 6.43 Å². The normalized spacial score (nSPS) is 24.7. The molecular weight excluding hydrogens is 204 g/mol. The number of alkyl halides is 2. The molecule has 0 spiro atoms. The van der Waals surface area contributed by atoms with Gasteiger partial charge < -0.3 is 10.2 Å². The van der Waals surface area contributed by atoms with E-state index >= 15 is 0 Å². The summed E-state index contributed by atoms with van der Waals surface area (Å²) in [6, 6.07) is 0.284. The Bertz CT molecular complexity index is 246. The highest BCUT2D eigenvalue weighted by Crippen LogP contribution is 2.11. The van der Waals surface area contributed by atoms with E-state index in [2.05, 4.69) is 5.32 Å². The Labute approximate surface area is 87.2 Å². The number of carbonyl (C=O) groups excluding carboxylic acids is 1. The molecule has 2 aliphatic rings. The molecule has 2 heterocycles. The Kier molecular flexibility index (Phi) is 3.16. The molecule has 2 aliphatic heterocycles. The number of hydrogen-bond donors (Lipinski definition) is 1. The zero-order chi connectivity index (χ0) is 10.8. The van der Waals surface area contributed by atoms with Crippen LogP contribution in [0, 0.1) is 0 Å². The van der Waals surface area contributed by atoms with Crippen LogP contribution in [0.15, 0.2) is 0 Å². The second-order valence-electron chi connectivity index (χ2n) is 4.03. The first-order valence-corrected chi connectivity index (χ1v) is 5.17. The van der Waals surface area contributed by atoms with E-state index in [4.69, 9.17) is 0 Å². The van der Waals surface area contributed by atoms with Crippen LogP contribution in [0.3, 0.4) is 0 Å². The number of nitrogens with one attached hydrogen (secondary N) is 1. The van der Waals surface area contributed by atoms with Crippen molar-refractivity contribution < 1.29 is 13.6 Å². The molecule has 1 amide bonds. The van der Waals surface area contributed by atoms with Gasteiger partial charge in [-0.3, -0.25) is 9.69 Å². The quantitative estimate of drug-likeness (QED) is 0.686. The number of nitrogens with zero attached hydrogens (tertiary/aromatic N) is 2. The molecule has 2 fully saturated rings. The summed E-state index contributed by atoms with van der Waals surface area (Å²) < 4.78 is 24.2. The Morgan fingerprint density at radius 3 is 2.60 bits per heavy atom. The van der Waals surface area contributed by atoms with Crippen molar-refractivity contribution in [3.63, 3.8) is 0 Å². The van der Waals surface area contributed by atoms with E-state index in [1.807, 2.05) is 0 Å². The van der Waals surface area contributed by atoms with Gasteiger partial charge in [-0.2, -0.15) is 0 Å². The van der Waals surface area contributed by atoms with Crippen LogP contribution in [0.5, 0.6) is 0 Å². The molecule has 2 rings (SSSR count). The number of halogens is 2. The zero-order valence-electron chi connectivity index (χ0n) is 8.46. The molecule has 0 aromatic rings. The molecule has 1 N–H and O–H groups in total. The van der Waals surface area contributed by atoms with Crippen LogP contribution in [0.2, 0.25) is 0 Å². The lowest BCUT2D eigenvalue weighted by Gasteiger charge is -2.43. The summed E-state index contributed by atoms with van der Waals surface area (Å²) in [6.07, 6.45) is -2.35. The van der Waals surface area contributed by atoms with Crippen LogP contribution < -0.4 is 5.32 Å². The molecule has 4 nitrogen and oxygen atoms in total. The third-order valence-corrected chi connectivity index (χ3v) is 2.93. The first kappa shape index (κ1) is 10.8. The maximum absolute atomic E-state index is 12.1. The molecule has 0 atom stereocenters. The fourth-order valence-corrected chi connectivity index (χ4v) is 1.97. The molecule has 6 heteroatoms. The largest absolute Gasteiger partial charge is 0.335 e. The first-order valence-electron chi connectivity index (χ1n) is 5.17. The van der Waals surface area contributed by atoms with Crippen molar-refractivity contribution in [2.45, 2.75) is 12.5 Å². The summed E-state index contributed by atoms with van der Waals surface area (Å²) >= 11 is 0. The van der Waals surface area contributed by atoms with Gasteiger partial charge in [0.2, 0.25) is 5.91 Å². The summed E-state index contributed by atoms with van der Waals surface area (Å²) in [7, 11) is 0. The summed E-state index contributed by atoms with van der Waals surface area (Å²) in [5.41, 5.74) is 0. The number of piperazine rings is 1. The van der Waals surface area contributed by atoms with E-state index in [1.54, 1.807) is 4.90 Å². The molecule has 0 saturated carbocycles. The number of hydrogen-bond acceptors (Lipinski definition) is 3. The standard InChI is InChI=1S/C9H15F2N3O/c10-8(11)5-13-1-2-14(9(15)6-13)7-3-12-4-7/h7-8,12H,1-6H2. The molecule has 2 saturated heterocycles. The van der Waals surface area contributed by atoms with Gasteiger partial charge >= 0.3 is 0 Å². The van der Waals surface area contributed by atoms with Crippen molar-refractivity contribution in [3.05, 3.63) is 0 Å². The molecule has 0 aromatic carbocycles. The lowest BCUT2D eigenvalue weighted by molar-refractivity contribution is -0.140. The smallest absolute Gasteiger partial charge is 0.251 e. The molecule has 15 heavy (non-hydrogen) atoms. The van der Waals surface area contributed by atoms with Gasteiger partial charge in [0.05, 0.1) is 19.1 Å². The average molecular weight is 219 g/mol. The Morgan fingerprint density at radius 2 is 2.13 bits per heavy atom. The van der Waals surface area contributed by atoms with Crippen LogP contribution in [-0.4, -0.2) is 67.4 Å². The number of amides is 1. The van der Waals surface area contributed by atoms with E-state index in [-0.39, 0.29) is 25.0 Å². The van der Waals surface area contributed by atoms with Crippen LogP contribution in [0.25, 0.3) is 0 Å². The second-order valence-corrected chi connectivity index (χ2v) is 4.03. The third-order valence-electron chi connectivity index (χ3n) is 2.93.